The standard InChI is InChI=1S/C50H93NO8/c1-25-48(20,36(53)29-38(55)59-50(22,27-3)31-42(7,8)9)34-49(21,26-2)39(57-40(56)45(14,15)33-46(16,17)51(23)24)44(12,13)32-43(10,11)35(52)28-37(54)58-47(18,19)30-41(4,5)6/h39H,25-34H2,1-24H3. The van der Waals surface area contributed by atoms with Crippen molar-refractivity contribution in [1.29, 1.82) is 0 Å². The summed E-state index contributed by atoms with van der Waals surface area (Å²) in [5.41, 5.74) is -6.29. The molecule has 4 unspecified atom stereocenters. The Morgan fingerprint density at radius 3 is 1.37 bits per heavy atom. The number of ether oxygens (including phenoxy) is 3. The molecule has 0 aliphatic rings. The molecule has 9 heteroatoms. The van der Waals surface area contributed by atoms with E-state index < -0.39 is 56.3 Å². The highest BCUT2D eigenvalue weighted by atomic mass is 16.6. The van der Waals surface area contributed by atoms with Gasteiger partial charge in [0.2, 0.25) is 0 Å². The largest absolute Gasteiger partial charge is 0.461 e. The van der Waals surface area contributed by atoms with E-state index >= 15 is 0 Å². The summed E-state index contributed by atoms with van der Waals surface area (Å²) in [4.78, 5) is 71.7. The molecule has 0 radical (unpaired) electrons. The first-order valence-electron chi connectivity index (χ1n) is 22.4. The Morgan fingerprint density at radius 1 is 0.508 bits per heavy atom. The van der Waals surface area contributed by atoms with Crippen LogP contribution in [0.3, 0.4) is 0 Å². The van der Waals surface area contributed by atoms with E-state index in [0.717, 1.165) is 0 Å². The summed E-state index contributed by atoms with van der Waals surface area (Å²) in [6, 6.07) is 0. The molecule has 0 rings (SSSR count). The van der Waals surface area contributed by atoms with Crippen molar-refractivity contribution in [2.45, 2.75) is 239 Å². The SMILES string of the molecule is CCC(C)(CC(C)(C)C)OC(=O)CC(=O)C(C)(CC)CC(C)(CC)C(OC(=O)C(C)(C)CC(C)(C)N(C)C)C(C)(C)CC(C)(C)C(=O)CC(=O)OC(C)(C)CC(C)(C)C. The van der Waals surface area contributed by atoms with E-state index in [0.29, 0.717) is 51.4 Å². The van der Waals surface area contributed by atoms with Gasteiger partial charge in [0, 0.05) is 27.2 Å². The molecule has 0 saturated heterocycles. The predicted octanol–water partition coefficient (Wildman–Crippen LogP) is 12.1. The highest BCUT2D eigenvalue weighted by Gasteiger charge is 2.53. The van der Waals surface area contributed by atoms with Crippen LogP contribution in [0.15, 0.2) is 0 Å². The minimum atomic E-state index is -0.995. The molecule has 59 heavy (non-hydrogen) atoms. The zero-order valence-corrected chi connectivity index (χ0v) is 42.9. The van der Waals surface area contributed by atoms with Gasteiger partial charge >= 0.3 is 17.9 Å². The van der Waals surface area contributed by atoms with Gasteiger partial charge in [-0.25, -0.2) is 0 Å². The van der Waals surface area contributed by atoms with Crippen LogP contribution in [-0.2, 0) is 38.2 Å². The van der Waals surface area contributed by atoms with E-state index in [1.54, 1.807) is 0 Å². The molecule has 0 amide bonds. The van der Waals surface area contributed by atoms with Gasteiger partial charge in [-0.3, -0.25) is 24.0 Å². The van der Waals surface area contributed by atoms with Crippen molar-refractivity contribution < 1.29 is 38.2 Å². The van der Waals surface area contributed by atoms with Crippen molar-refractivity contribution in [1.82, 2.24) is 4.90 Å². The normalized spacial score (nSPS) is 17.3. The summed E-state index contributed by atoms with van der Waals surface area (Å²) >= 11 is 0. The van der Waals surface area contributed by atoms with Crippen LogP contribution in [0.2, 0.25) is 0 Å². The van der Waals surface area contributed by atoms with Gasteiger partial charge in [-0.1, -0.05) is 104 Å². The lowest BCUT2D eigenvalue weighted by atomic mass is 9.58. The second-order valence-electron chi connectivity index (χ2n) is 24.9. The summed E-state index contributed by atoms with van der Waals surface area (Å²) in [6.07, 6.45) is 2.62. The van der Waals surface area contributed by atoms with E-state index in [4.69, 9.17) is 14.2 Å². The highest BCUT2D eigenvalue weighted by molar-refractivity contribution is 5.99. The van der Waals surface area contributed by atoms with E-state index in [1.165, 1.54) is 0 Å². The fourth-order valence-corrected chi connectivity index (χ4v) is 9.91. The monoisotopic (exact) mass is 836 g/mol. The Kier molecular flexibility index (Phi) is 19.1. The molecular weight excluding hydrogens is 743 g/mol. The van der Waals surface area contributed by atoms with Gasteiger partial charge in [0.15, 0.2) is 0 Å². The van der Waals surface area contributed by atoms with Gasteiger partial charge in [-0.15, -0.1) is 0 Å². The molecule has 0 bridgehead atoms. The van der Waals surface area contributed by atoms with Crippen LogP contribution in [0, 0.1) is 37.9 Å². The summed E-state index contributed by atoms with van der Waals surface area (Å²) in [7, 11) is 3.99. The van der Waals surface area contributed by atoms with Crippen LogP contribution in [0.1, 0.15) is 217 Å². The first-order valence-corrected chi connectivity index (χ1v) is 22.4. The van der Waals surface area contributed by atoms with Gasteiger partial charge in [0.25, 0.3) is 0 Å². The van der Waals surface area contributed by atoms with Crippen molar-refractivity contribution in [2.24, 2.45) is 37.9 Å². The van der Waals surface area contributed by atoms with Crippen LogP contribution in [0.25, 0.3) is 0 Å². The van der Waals surface area contributed by atoms with Crippen LogP contribution >= 0.6 is 0 Å². The number of esters is 3. The molecular formula is C50H93NO8. The minimum Gasteiger partial charge on any atom is -0.461 e. The average molecular weight is 836 g/mol. The number of hydrogen-bond donors (Lipinski definition) is 0. The first kappa shape index (κ1) is 56.7. The molecule has 0 N–H and O–H groups in total. The number of carbonyl (C=O) groups is 5. The summed E-state index contributed by atoms with van der Waals surface area (Å²) in [5, 5.41) is 0. The lowest BCUT2D eigenvalue weighted by Crippen LogP contribution is -2.53. The fraction of sp³-hybridized carbons (Fsp3) is 0.900. The number of rotatable bonds is 24. The van der Waals surface area contributed by atoms with Gasteiger partial charge < -0.3 is 19.1 Å². The van der Waals surface area contributed by atoms with Crippen molar-refractivity contribution in [3.8, 4) is 0 Å². The molecule has 0 heterocycles. The Morgan fingerprint density at radius 2 is 0.966 bits per heavy atom. The van der Waals surface area contributed by atoms with Crippen molar-refractivity contribution in [3.05, 3.63) is 0 Å². The number of ketones is 2. The van der Waals surface area contributed by atoms with E-state index in [9.17, 15) is 24.0 Å². The van der Waals surface area contributed by atoms with Gasteiger partial charge in [-0.2, -0.15) is 0 Å². The number of Topliss-reactive ketones (excluding diaryl/α,β-unsaturated/α-hetero) is 2. The molecule has 0 aliphatic heterocycles. The maximum absolute atomic E-state index is 14.5. The fourth-order valence-electron chi connectivity index (χ4n) is 9.91. The van der Waals surface area contributed by atoms with Crippen molar-refractivity contribution >= 4 is 29.5 Å². The Balaban J connectivity index is 7.06. The van der Waals surface area contributed by atoms with E-state index in [1.807, 2.05) is 104 Å². The van der Waals surface area contributed by atoms with Gasteiger partial charge in [0.1, 0.15) is 41.7 Å². The Bertz CT molecular complexity index is 1460. The van der Waals surface area contributed by atoms with Crippen LogP contribution < -0.4 is 0 Å². The van der Waals surface area contributed by atoms with Crippen molar-refractivity contribution in [3.63, 3.8) is 0 Å². The topological polar surface area (TPSA) is 116 Å². The smallest absolute Gasteiger partial charge is 0.313 e. The van der Waals surface area contributed by atoms with Gasteiger partial charge in [0.05, 0.1) is 5.41 Å². The lowest BCUT2D eigenvalue weighted by Gasteiger charge is -2.51. The zero-order chi connectivity index (χ0) is 47.2. The second-order valence-corrected chi connectivity index (χ2v) is 24.9. The van der Waals surface area contributed by atoms with Crippen molar-refractivity contribution in [2.75, 3.05) is 14.1 Å². The molecule has 0 aromatic rings. The molecule has 9 nitrogen and oxygen atoms in total. The molecule has 0 aliphatic carbocycles. The Labute approximate surface area is 363 Å². The predicted molar refractivity (Wildman–Crippen MR) is 242 cm³/mol. The molecule has 346 valence electrons. The summed E-state index contributed by atoms with van der Waals surface area (Å²) < 4.78 is 18.7. The third-order valence-corrected chi connectivity index (χ3v) is 12.9. The average Bonchev–Trinajstić information content (AvgIpc) is 2.99. The van der Waals surface area contributed by atoms with Crippen LogP contribution in [-0.4, -0.2) is 71.3 Å². The highest BCUT2D eigenvalue weighted by Crippen LogP contribution is 2.52. The summed E-state index contributed by atoms with van der Waals surface area (Å²) in [6.45, 7) is 43.9. The zero-order valence-electron chi connectivity index (χ0n) is 42.9. The van der Waals surface area contributed by atoms with Crippen LogP contribution in [0.5, 0.6) is 0 Å². The number of hydrogen-bond acceptors (Lipinski definition) is 9. The minimum absolute atomic E-state index is 0.0720. The number of carbonyl (C=O) groups excluding carboxylic acids is 5. The lowest BCUT2D eigenvalue weighted by molar-refractivity contribution is -0.185. The number of nitrogens with zero attached hydrogens (tertiary/aromatic N) is 1. The molecule has 0 spiro atoms. The first-order chi connectivity index (χ1) is 26.0. The molecule has 0 aromatic carbocycles. The maximum Gasteiger partial charge on any atom is 0.313 e. The molecule has 0 fully saturated rings. The quantitative estimate of drug-likeness (QED) is 0.0532. The third-order valence-electron chi connectivity index (χ3n) is 12.9. The second kappa shape index (κ2) is 19.8. The third kappa shape index (κ3) is 17.9. The van der Waals surface area contributed by atoms with Crippen LogP contribution in [0.4, 0.5) is 0 Å². The van der Waals surface area contributed by atoms with E-state index in [-0.39, 0.29) is 46.7 Å². The Hall–Kier alpha value is -2.29. The molecule has 0 saturated carbocycles. The van der Waals surface area contributed by atoms with E-state index in [2.05, 4.69) is 67.2 Å². The van der Waals surface area contributed by atoms with Gasteiger partial charge in [-0.05, 0) is 125 Å². The summed E-state index contributed by atoms with van der Waals surface area (Å²) in [5.74, 6) is -1.91. The molecule has 4 atom stereocenters. The molecule has 0 aromatic heterocycles. The maximum atomic E-state index is 14.5.